The number of methoxy groups -OCH3 is 2. The summed E-state index contributed by atoms with van der Waals surface area (Å²) < 4.78 is 11.8. The quantitative estimate of drug-likeness (QED) is 0.623. The predicted molar refractivity (Wildman–Crippen MR) is 114 cm³/mol. The second kappa shape index (κ2) is 9.03. The molecule has 3 aromatic rings. The summed E-state index contributed by atoms with van der Waals surface area (Å²) in [6.07, 6.45) is 1.60. The van der Waals surface area contributed by atoms with Gasteiger partial charge in [0.1, 0.15) is 17.1 Å². The lowest BCUT2D eigenvalue weighted by atomic mass is 10.2. The largest absolute Gasteiger partial charge is 0.497 e. The number of rotatable bonds is 6. The monoisotopic (exact) mass is 432 g/mol. The van der Waals surface area contributed by atoms with Crippen LogP contribution in [-0.4, -0.2) is 24.7 Å². The zero-order valence-electron chi connectivity index (χ0n) is 15.7. The number of halogens is 2. The van der Waals surface area contributed by atoms with Crippen LogP contribution in [0.25, 0.3) is 0 Å². The molecular weight excluding hydrogens is 415 g/mol. The molecule has 6 nitrogen and oxygen atoms in total. The van der Waals surface area contributed by atoms with E-state index in [0.29, 0.717) is 32.8 Å². The minimum absolute atomic E-state index is 0.00421. The van der Waals surface area contributed by atoms with Crippen molar-refractivity contribution in [2.75, 3.05) is 19.5 Å². The first-order chi connectivity index (χ1) is 13.9. The van der Waals surface area contributed by atoms with Crippen molar-refractivity contribution in [1.29, 1.82) is 0 Å². The van der Waals surface area contributed by atoms with E-state index in [1.165, 1.54) is 24.9 Å². The lowest BCUT2D eigenvalue weighted by molar-refractivity contribution is 0.102. The number of hydrogen-bond donors (Lipinski definition) is 1. The Morgan fingerprint density at radius 3 is 2.55 bits per heavy atom. The van der Waals surface area contributed by atoms with Crippen molar-refractivity contribution in [3.63, 3.8) is 0 Å². The number of benzene rings is 2. The van der Waals surface area contributed by atoms with Gasteiger partial charge in [0.2, 0.25) is 0 Å². The number of nitrogens with one attached hydrogen (secondary N) is 1. The molecule has 1 N–H and O–H groups in total. The maximum atomic E-state index is 12.8. The Morgan fingerprint density at radius 1 is 1.07 bits per heavy atom. The summed E-state index contributed by atoms with van der Waals surface area (Å²) in [5.41, 5.74) is 0.695. The van der Waals surface area contributed by atoms with Crippen molar-refractivity contribution in [2.24, 2.45) is 0 Å². The number of amides is 1. The van der Waals surface area contributed by atoms with Crippen molar-refractivity contribution in [1.82, 2.24) is 4.57 Å². The van der Waals surface area contributed by atoms with Crippen LogP contribution in [0.2, 0.25) is 10.0 Å². The normalized spacial score (nSPS) is 10.5. The van der Waals surface area contributed by atoms with Gasteiger partial charge in [-0.05, 0) is 42.0 Å². The Bertz CT molecular complexity index is 1110. The van der Waals surface area contributed by atoms with Gasteiger partial charge in [-0.3, -0.25) is 9.59 Å². The van der Waals surface area contributed by atoms with Crippen LogP contribution < -0.4 is 20.3 Å². The van der Waals surface area contributed by atoms with Gasteiger partial charge < -0.3 is 19.4 Å². The standard InChI is InChI=1S/C21H18Cl2N2O4/c1-28-15-7-8-18(19(11-15)29-2)24-20(26)16-4-3-9-25(21(16)27)12-13-5-6-14(22)10-17(13)23/h3-11H,12H2,1-2H3,(H,24,26). The van der Waals surface area contributed by atoms with E-state index < -0.39 is 11.5 Å². The SMILES string of the molecule is COc1ccc(NC(=O)c2cccn(Cc3ccc(Cl)cc3Cl)c2=O)c(OC)c1. The Kier molecular flexibility index (Phi) is 6.46. The number of anilines is 1. The molecule has 0 aliphatic heterocycles. The van der Waals surface area contributed by atoms with Crippen LogP contribution in [0.5, 0.6) is 11.5 Å². The van der Waals surface area contributed by atoms with E-state index in [9.17, 15) is 9.59 Å². The molecule has 0 unspecified atom stereocenters. The molecule has 0 atom stereocenters. The van der Waals surface area contributed by atoms with Crippen molar-refractivity contribution in [3.8, 4) is 11.5 Å². The molecule has 0 spiro atoms. The van der Waals surface area contributed by atoms with Crippen molar-refractivity contribution >= 4 is 34.8 Å². The minimum Gasteiger partial charge on any atom is -0.497 e. The second-order valence-electron chi connectivity index (χ2n) is 6.11. The summed E-state index contributed by atoms with van der Waals surface area (Å²) in [4.78, 5) is 25.5. The molecule has 1 heterocycles. The number of nitrogens with zero attached hydrogens (tertiary/aromatic N) is 1. The summed E-state index contributed by atoms with van der Waals surface area (Å²) in [7, 11) is 3.02. The second-order valence-corrected chi connectivity index (χ2v) is 6.95. The first kappa shape index (κ1) is 20.8. The van der Waals surface area contributed by atoms with Crippen LogP contribution in [0, 0.1) is 0 Å². The molecule has 3 rings (SSSR count). The minimum atomic E-state index is -0.546. The summed E-state index contributed by atoms with van der Waals surface area (Å²) >= 11 is 12.1. The summed E-state index contributed by atoms with van der Waals surface area (Å²) in [5, 5.41) is 3.66. The number of pyridine rings is 1. The molecule has 0 aliphatic rings. The summed E-state index contributed by atoms with van der Waals surface area (Å²) in [6, 6.07) is 13.1. The molecule has 0 saturated heterocycles. The number of hydrogen-bond acceptors (Lipinski definition) is 4. The van der Waals surface area contributed by atoms with E-state index in [0.717, 1.165) is 0 Å². The predicted octanol–water partition coefficient (Wildman–Crippen LogP) is 4.47. The van der Waals surface area contributed by atoms with Crippen molar-refractivity contribution < 1.29 is 14.3 Å². The van der Waals surface area contributed by atoms with Crippen LogP contribution in [0.4, 0.5) is 5.69 Å². The molecule has 0 aliphatic carbocycles. The Balaban J connectivity index is 1.87. The zero-order valence-corrected chi connectivity index (χ0v) is 17.3. The fourth-order valence-electron chi connectivity index (χ4n) is 2.76. The number of carbonyl (C=O) groups is 1. The van der Waals surface area contributed by atoms with Gasteiger partial charge in [0, 0.05) is 22.3 Å². The van der Waals surface area contributed by atoms with Crippen LogP contribution in [0.3, 0.4) is 0 Å². The average molecular weight is 433 g/mol. The molecule has 0 radical (unpaired) electrons. The highest BCUT2D eigenvalue weighted by atomic mass is 35.5. The molecule has 0 fully saturated rings. The zero-order chi connectivity index (χ0) is 21.0. The van der Waals surface area contributed by atoms with Gasteiger partial charge in [-0.15, -0.1) is 0 Å². The van der Waals surface area contributed by atoms with Gasteiger partial charge in [-0.2, -0.15) is 0 Å². The van der Waals surface area contributed by atoms with Crippen molar-refractivity contribution in [3.05, 3.63) is 86.3 Å². The van der Waals surface area contributed by atoms with Crippen LogP contribution in [-0.2, 0) is 6.54 Å². The number of carbonyl (C=O) groups excluding carboxylic acids is 1. The summed E-state index contributed by atoms with van der Waals surface area (Å²) in [6.45, 7) is 0.210. The smallest absolute Gasteiger partial charge is 0.263 e. The van der Waals surface area contributed by atoms with Gasteiger partial charge in [0.25, 0.3) is 11.5 Å². The molecule has 1 aromatic heterocycles. The fraction of sp³-hybridized carbons (Fsp3) is 0.143. The van der Waals surface area contributed by atoms with Gasteiger partial charge >= 0.3 is 0 Å². The van der Waals surface area contributed by atoms with Gasteiger partial charge in [0.05, 0.1) is 26.5 Å². The van der Waals surface area contributed by atoms with E-state index in [-0.39, 0.29) is 12.1 Å². The fourth-order valence-corrected chi connectivity index (χ4v) is 3.23. The Labute approximate surface area is 177 Å². The van der Waals surface area contributed by atoms with E-state index in [2.05, 4.69) is 5.32 Å². The third-order valence-electron chi connectivity index (χ3n) is 4.28. The average Bonchev–Trinajstić information content (AvgIpc) is 2.71. The van der Waals surface area contributed by atoms with E-state index in [1.807, 2.05) is 0 Å². The van der Waals surface area contributed by atoms with Crippen LogP contribution in [0.1, 0.15) is 15.9 Å². The molecule has 0 bridgehead atoms. The topological polar surface area (TPSA) is 69.6 Å². The lowest BCUT2D eigenvalue weighted by Crippen LogP contribution is -2.29. The molecule has 8 heteroatoms. The lowest BCUT2D eigenvalue weighted by Gasteiger charge is -2.13. The highest BCUT2D eigenvalue weighted by molar-refractivity contribution is 6.35. The highest BCUT2D eigenvalue weighted by Gasteiger charge is 2.15. The van der Waals surface area contributed by atoms with E-state index in [4.69, 9.17) is 32.7 Å². The third-order valence-corrected chi connectivity index (χ3v) is 4.86. The first-order valence-corrected chi connectivity index (χ1v) is 9.35. The van der Waals surface area contributed by atoms with Gasteiger partial charge in [-0.1, -0.05) is 29.3 Å². The maximum Gasteiger partial charge on any atom is 0.263 e. The molecule has 29 heavy (non-hydrogen) atoms. The number of ether oxygens (including phenoxy) is 2. The van der Waals surface area contributed by atoms with Crippen LogP contribution >= 0.6 is 23.2 Å². The van der Waals surface area contributed by atoms with Crippen molar-refractivity contribution in [2.45, 2.75) is 6.54 Å². The summed E-state index contributed by atoms with van der Waals surface area (Å²) in [5.74, 6) is 0.457. The molecule has 150 valence electrons. The molecule has 1 amide bonds. The molecule has 2 aromatic carbocycles. The molecular formula is C21H18Cl2N2O4. The Hall–Kier alpha value is -2.96. The third kappa shape index (κ3) is 4.72. The van der Waals surface area contributed by atoms with E-state index >= 15 is 0 Å². The van der Waals surface area contributed by atoms with Gasteiger partial charge in [0.15, 0.2) is 0 Å². The van der Waals surface area contributed by atoms with Crippen LogP contribution in [0.15, 0.2) is 59.5 Å². The maximum absolute atomic E-state index is 12.8. The van der Waals surface area contributed by atoms with Gasteiger partial charge in [-0.25, -0.2) is 0 Å². The van der Waals surface area contributed by atoms with E-state index in [1.54, 1.807) is 48.7 Å². The Morgan fingerprint density at radius 2 is 1.86 bits per heavy atom. The first-order valence-electron chi connectivity index (χ1n) is 8.59. The number of aromatic nitrogens is 1. The highest BCUT2D eigenvalue weighted by Crippen LogP contribution is 2.29. The molecule has 0 saturated carbocycles.